The second-order valence-corrected chi connectivity index (χ2v) is 5.13. The summed E-state index contributed by atoms with van der Waals surface area (Å²) >= 11 is 0. The minimum atomic E-state index is -0.654. The lowest BCUT2D eigenvalue weighted by Crippen LogP contribution is -2.14. The number of aliphatic hydroxyl groups is 1. The molecule has 0 bridgehead atoms. The van der Waals surface area contributed by atoms with Gasteiger partial charge in [-0.3, -0.25) is 4.79 Å². The summed E-state index contributed by atoms with van der Waals surface area (Å²) in [6.45, 7) is 1.66. The molecular weight excluding hydrogens is 280 g/mol. The van der Waals surface area contributed by atoms with Crippen LogP contribution in [0.1, 0.15) is 28.9 Å². The monoisotopic (exact) mass is 296 g/mol. The molecule has 1 amide bonds. The smallest absolute Gasteiger partial charge is 0.255 e. The third-order valence-corrected chi connectivity index (χ3v) is 3.53. The predicted octanol–water partition coefficient (Wildman–Crippen LogP) is 2.27. The number of nitrogens with one attached hydrogen (secondary N) is 1. The van der Waals surface area contributed by atoms with Gasteiger partial charge in [-0.25, -0.2) is 4.68 Å². The Bertz CT molecular complexity index is 839. The summed E-state index contributed by atoms with van der Waals surface area (Å²) < 4.78 is 1.65. The summed E-state index contributed by atoms with van der Waals surface area (Å²) in [6.07, 6.45) is -0.654. The van der Waals surface area contributed by atoms with E-state index in [1.165, 1.54) is 0 Å². The molecule has 0 fully saturated rings. The van der Waals surface area contributed by atoms with E-state index in [1.807, 2.05) is 18.2 Å². The number of hydrogen-bond donors (Lipinski definition) is 2. The van der Waals surface area contributed by atoms with Crippen LogP contribution in [0.5, 0.6) is 0 Å². The van der Waals surface area contributed by atoms with E-state index in [-0.39, 0.29) is 5.91 Å². The molecule has 6 heteroatoms. The highest BCUT2D eigenvalue weighted by Gasteiger charge is 2.13. The maximum absolute atomic E-state index is 12.4. The first-order valence-corrected chi connectivity index (χ1v) is 6.94. The summed E-state index contributed by atoms with van der Waals surface area (Å²) in [5.74, 6) is -0.249. The Kier molecular flexibility index (Phi) is 3.60. The molecule has 0 saturated carbocycles. The lowest BCUT2D eigenvalue weighted by atomic mass is 10.1. The molecule has 0 aliphatic heterocycles. The van der Waals surface area contributed by atoms with Crippen molar-refractivity contribution < 1.29 is 9.90 Å². The van der Waals surface area contributed by atoms with E-state index in [4.69, 9.17) is 0 Å². The fourth-order valence-electron chi connectivity index (χ4n) is 2.35. The quantitative estimate of drug-likeness (QED) is 0.777. The van der Waals surface area contributed by atoms with Crippen LogP contribution in [0.25, 0.3) is 11.0 Å². The Morgan fingerprint density at radius 1 is 1.27 bits per heavy atom. The summed E-state index contributed by atoms with van der Waals surface area (Å²) in [4.78, 5) is 12.4. The number of rotatable bonds is 3. The minimum Gasteiger partial charge on any atom is -0.389 e. The minimum absolute atomic E-state index is 0.249. The lowest BCUT2D eigenvalue weighted by molar-refractivity contribution is 0.102. The van der Waals surface area contributed by atoms with Crippen LogP contribution in [0.4, 0.5) is 5.69 Å². The molecule has 22 heavy (non-hydrogen) atoms. The molecule has 0 unspecified atom stereocenters. The maximum Gasteiger partial charge on any atom is 0.255 e. The molecule has 3 rings (SSSR count). The number of carbonyl (C=O) groups is 1. The number of aliphatic hydroxyl groups excluding tert-OH is 1. The number of benzene rings is 2. The van der Waals surface area contributed by atoms with E-state index in [9.17, 15) is 9.90 Å². The summed E-state index contributed by atoms with van der Waals surface area (Å²) in [6, 6.07) is 12.4. The first-order valence-electron chi connectivity index (χ1n) is 6.94. The van der Waals surface area contributed by atoms with Gasteiger partial charge < -0.3 is 10.4 Å². The van der Waals surface area contributed by atoms with Crippen molar-refractivity contribution in [1.29, 1.82) is 0 Å². The van der Waals surface area contributed by atoms with E-state index < -0.39 is 6.10 Å². The molecule has 0 aliphatic rings. The maximum atomic E-state index is 12.4. The number of nitrogens with zero attached hydrogens (tertiary/aromatic N) is 3. The van der Waals surface area contributed by atoms with Crippen molar-refractivity contribution in [1.82, 2.24) is 15.0 Å². The van der Waals surface area contributed by atoms with Gasteiger partial charge in [0.25, 0.3) is 5.91 Å². The van der Waals surface area contributed by atoms with Gasteiger partial charge in [0.1, 0.15) is 5.52 Å². The highest BCUT2D eigenvalue weighted by atomic mass is 16.3. The van der Waals surface area contributed by atoms with E-state index >= 15 is 0 Å². The second-order valence-electron chi connectivity index (χ2n) is 5.13. The van der Waals surface area contributed by atoms with E-state index in [2.05, 4.69) is 15.6 Å². The number of para-hydroxylation sites is 1. The van der Waals surface area contributed by atoms with Gasteiger partial charge in [0, 0.05) is 23.9 Å². The Morgan fingerprint density at radius 3 is 2.82 bits per heavy atom. The van der Waals surface area contributed by atoms with Crippen molar-refractivity contribution in [2.45, 2.75) is 13.0 Å². The van der Waals surface area contributed by atoms with Crippen LogP contribution < -0.4 is 5.32 Å². The SMILES string of the molecule is C[C@@H](O)c1ccccc1NC(=O)c1ccc2c(c1)nnn2C. The van der Waals surface area contributed by atoms with Gasteiger partial charge in [-0.05, 0) is 31.2 Å². The molecule has 0 radical (unpaired) electrons. The van der Waals surface area contributed by atoms with Crippen molar-refractivity contribution in [3.05, 3.63) is 53.6 Å². The highest BCUT2D eigenvalue weighted by Crippen LogP contribution is 2.23. The topological polar surface area (TPSA) is 80.0 Å². The first kappa shape index (κ1) is 14.2. The van der Waals surface area contributed by atoms with Gasteiger partial charge in [0.05, 0.1) is 11.6 Å². The Morgan fingerprint density at radius 2 is 2.05 bits per heavy atom. The molecule has 2 aromatic carbocycles. The van der Waals surface area contributed by atoms with Crippen LogP contribution in [-0.2, 0) is 7.05 Å². The molecule has 3 aromatic rings. The number of amides is 1. The lowest BCUT2D eigenvalue weighted by Gasteiger charge is -2.13. The molecule has 1 atom stereocenters. The van der Waals surface area contributed by atoms with Crippen molar-refractivity contribution in [2.75, 3.05) is 5.32 Å². The fraction of sp³-hybridized carbons (Fsp3) is 0.188. The standard InChI is InChI=1S/C16H16N4O2/c1-10(21)12-5-3-4-6-13(12)17-16(22)11-7-8-15-14(9-11)18-19-20(15)2/h3-10,21H,1-2H3,(H,17,22)/t10-/m1/s1. The van der Waals surface area contributed by atoms with Gasteiger partial charge in [-0.15, -0.1) is 5.10 Å². The zero-order valence-corrected chi connectivity index (χ0v) is 12.3. The van der Waals surface area contributed by atoms with E-state index in [1.54, 1.807) is 42.9 Å². The van der Waals surface area contributed by atoms with E-state index in [0.717, 1.165) is 5.52 Å². The van der Waals surface area contributed by atoms with Crippen molar-refractivity contribution in [2.24, 2.45) is 7.05 Å². The van der Waals surface area contributed by atoms with Crippen molar-refractivity contribution in [3.63, 3.8) is 0 Å². The van der Waals surface area contributed by atoms with Crippen LogP contribution in [0.15, 0.2) is 42.5 Å². The molecule has 112 valence electrons. The van der Waals surface area contributed by atoms with Crippen LogP contribution in [-0.4, -0.2) is 26.0 Å². The molecule has 0 aliphatic carbocycles. The molecule has 2 N–H and O–H groups in total. The third-order valence-electron chi connectivity index (χ3n) is 3.53. The third kappa shape index (κ3) is 2.56. The van der Waals surface area contributed by atoms with Crippen LogP contribution in [0.3, 0.4) is 0 Å². The first-order chi connectivity index (χ1) is 10.6. The molecular formula is C16H16N4O2. The largest absolute Gasteiger partial charge is 0.389 e. The second kappa shape index (κ2) is 5.57. The van der Waals surface area contributed by atoms with Crippen LogP contribution in [0.2, 0.25) is 0 Å². The number of hydrogen-bond acceptors (Lipinski definition) is 4. The number of aromatic nitrogens is 3. The predicted molar refractivity (Wildman–Crippen MR) is 83.5 cm³/mol. The molecule has 6 nitrogen and oxygen atoms in total. The van der Waals surface area contributed by atoms with Crippen molar-refractivity contribution >= 4 is 22.6 Å². The fourth-order valence-corrected chi connectivity index (χ4v) is 2.35. The van der Waals surface area contributed by atoms with Gasteiger partial charge in [0.2, 0.25) is 0 Å². The normalized spacial score (nSPS) is 12.3. The number of aryl methyl sites for hydroxylation is 1. The summed E-state index contributed by atoms with van der Waals surface area (Å²) in [5, 5.41) is 20.5. The zero-order chi connectivity index (χ0) is 15.7. The Balaban J connectivity index is 1.90. The van der Waals surface area contributed by atoms with Gasteiger partial charge >= 0.3 is 0 Å². The molecule has 1 aromatic heterocycles. The van der Waals surface area contributed by atoms with Gasteiger partial charge in [0.15, 0.2) is 0 Å². The molecule has 1 heterocycles. The van der Waals surface area contributed by atoms with Crippen LogP contribution >= 0.6 is 0 Å². The number of anilines is 1. The number of carbonyl (C=O) groups excluding carboxylic acids is 1. The Labute approximate surface area is 127 Å². The van der Waals surface area contributed by atoms with Crippen molar-refractivity contribution in [3.8, 4) is 0 Å². The summed E-state index contributed by atoms with van der Waals surface area (Å²) in [7, 11) is 1.80. The van der Waals surface area contributed by atoms with E-state index in [0.29, 0.717) is 22.3 Å². The summed E-state index contributed by atoms with van der Waals surface area (Å²) in [5.41, 5.74) is 3.30. The molecule has 0 saturated heterocycles. The molecule has 0 spiro atoms. The number of fused-ring (bicyclic) bond motifs is 1. The zero-order valence-electron chi connectivity index (χ0n) is 12.3. The van der Waals surface area contributed by atoms with Gasteiger partial charge in [-0.2, -0.15) is 0 Å². The van der Waals surface area contributed by atoms with Gasteiger partial charge in [-0.1, -0.05) is 23.4 Å². The van der Waals surface area contributed by atoms with Crippen LogP contribution in [0, 0.1) is 0 Å². The highest BCUT2D eigenvalue weighted by molar-refractivity contribution is 6.06. The average Bonchev–Trinajstić information content (AvgIpc) is 2.88. The Hall–Kier alpha value is -2.73. The average molecular weight is 296 g/mol.